The summed E-state index contributed by atoms with van der Waals surface area (Å²) in [6.45, 7) is 5.87. The molecule has 2 aliphatic rings. The minimum absolute atomic E-state index is 0.290. The second-order valence-electron chi connectivity index (χ2n) is 6.58. The van der Waals surface area contributed by atoms with Gasteiger partial charge in [-0.25, -0.2) is 0 Å². The second-order valence-corrected chi connectivity index (χ2v) is 8.17. The summed E-state index contributed by atoms with van der Waals surface area (Å²) in [6, 6.07) is 6.83. The number of thioether (sulfide) groups is 1. The van der Waals surface area contributed by atoms with E-state index < -0.39 is 0 Å². The molecule has 1 nitrogen and oxygen atoms in total. The highest BCUT2D eigenvalue weighted by Gasteiger charge is 2.38. The Bertz CT molecular complexity index is 466. The predicted octanol–water partition coefficient (Wildman–Crippen LogP) is 4.31. The van der Waals surface area contributed by atoms with Crippen molar-refractivity contribution < 1.29 is 0 Å². The first kappa shape index (κ1) is 13.8. The van der Waals surface area contributed by atoms with Crippen molar-refractivity contribution in [2.24, 2.45) is 11.3 Å². The van der Waals surface area contributed by atoms with Gasteiger partial charge in [0.2, 0.25) is 0 Å². The summed E-state index contributed by atoms with van der Waals surface area (Å²) in [7, 11) is 0. The van der Waals surface area contributed by atoms with Crippen molar-refractivity contribution in [1.82, 2.24) is 5.32 Å². The third-order valence-electron chi connectivity index (χ3n) is 4.48. The zero-order valence-electron chi connectivity index (χ0n) is 11.7. The third-order valence-corrected chi connectivity index (χ3v) is 5.95. The van der Waals surface area contributed by atoms with Gasteiger partial charge < -0.3 is 5.32 Å². The van der Waals surface area contributed by atoms with Gasteiger partial charge in [-0.2, -0.15) is 11.8 Å². The Morgan fingerprint density at radius 2 is 2.26 bits per heavy atom. The molecule has 1 N–H and O–H groups in total. The molecule has 1 aliphatic heterocycles. The zero-order chi connectivity index (χ0) is 13.5. The monoisotopic (exact) mass is 295 g/mol. The van der Waals surface area contributed by atoms with Crippen molar-refractivity contribution in [2.45, 2.75) is 32.7 Å². The number of hydrogen-bond acceptors (Lipinski definition) is 2. The van der Waals surface area contributed by atoms with Gasteiger partial charge in [0.15, 0.2) is 0 Å². The first-order valence-electron chi connectivity index (χ1n) is 7.16. The van der Waals surface area contributed by atoms with Crippen molar-refractivity contribution in [2.75, 3.05) is 18.1 Å². The SMILES string of the molecule is CC1(C)Cc2ccc(Cl)cc2C1NCC1CCSC1. The van der Waals surface area contributed by atoms with Crippen LogP contribution in [0.2, 0.25) is 5.02 Å². The van der Waals surface area contributed by atoms with E-state index in [1.807, 2.05) is 6.07 Å². The van der Waals surface area contributed by atoms with Gasteiger partial charge in [0.1, 0.15) is 0 Å². The molecule has 0 radical (unpaired) electrons. The molecule has 0 bridgehead atoms. The first-order chi connectivity index (χ1) is 9.06. The van der Waals surface area contributed by atoms with Gasteiger partial charge in [-0.3, -0.25) is 0 Å². The molecule has 0 spiro atoms. The van der Waals surface area contributed by atoms with Gasteiger partial charge in [0.25, 0.3) is 0 Å². The fourth-order valence-electron chi connectivity index (χ4n) is 3.42. The quantitative estimate of drug-likeness (QED) is 0.892. The molecule has 3 rings (SSSR count). The van der Waals surface area contributed by atoms with E-state index in [2.05, 4.69) is 43.1 Å². The molecule has 2 atom stereocenters. The molecule has 2 unspecified atom stereocenters. The number of halogens is 1. The number of hydrogen-bond donors (Lipinski definition) is 1. The molecule has 1 saturated heterocycles. The van der Waals surface area contributed by atoms with E-state index in [0.29, 0.717) is 11.5 Å². The molecule has 1 aliphatic carbocycles. The number of nitrogens with one attached hydrogen (secondary N) is 1. The van der Waals surface area contributed by atoms with Gasteiger partial charge in [-0.15, -0.1) is 0 Å². The minimum Gasteiger partial charge on any atom is -0.309 e. The maximum absolute atomic E-state index is 6.18. The zero-order valence-corrected chi connectivity index (χ0v) is 13.3. The molecule has 1 heterocycles. The largest absolute Gasteiger partial charge is 0.309 e. The molecular formula is C16H22ClNS. The molecule has 1 fully saturated rings. The van der Waals surface area contributed by atoms with Crippen LogP contribution >= 0.6 is 23.4 Å². The van der Waals surface area contributed by atoms with Crippen LogP contribution in [-0.2, 0) is 6.42 Å². The lowest BCUT2D eigenvalue weighted by atomic mass is 9.85. The number of benzene rings is 1. The Morgan fingerprint density at radius 3 is 3.00 bits per heavy atom. The van der Waals surface area contributed by atoms with E-state index in [0.717, 1.165) is 23.9 Å². The highest BCUT2D eigenvalue weighted by molar-refractivity contribution is 7.99. The smallest absolute Gasteiger partial charge is 0.0409 e. The van der Waals surface area contributed by atoms with Crippen LogP contribution in [0.5, 0.6) is 0 Å². The maximum atomic E-state index is 6.18. The summed E-state index contributed by atoms with van der Waals surface area (Å²) < 4.78 is 0. The summed E-state index contributed by atoms with van der Waals surface area (Å²) in [4.78, 5) is 0. The van der Waals surface area contributed by atoms with Crippen molar-refractivity contribution in [1.29, 1.82) is 0 Å². The summed E-state index contributed by atoms with van der Waals surface area (Å²) >= 11 is 8.27. The van der Waals surface area contributed by atoms with Crippen LogP contribution in [-0.4, -0.2) is 18.1 Å². The fourth-order valence-corrected chi connectivity index (χ4v) is 4.89. The van der Waals surface area contributed by atoms with Crippen LogP contribution in [0.4, 0.5) is 0 Å². The van der Waals surface area contributed by atoms with E-state index in [4.69, 9.17) is 11.6 Å². The normalized spacial score (nSPS) is 28.6. The summed E-state index contributed by atoms with van der Waals surface area (Å²) in [5, 5.41) is 4.69. The highest BCUT2D eigenvalue weighted by Crippen LogP contribution is 2.46. The average Bonchev–Trinajstić information content (AvgIpc) is 2.92. The molecule has 1 aromatic rings. The van der Waals surface area contributed by atoms with Crippen LogP contribution in [0.1, 0.15) is 37.4 Å². The van der Waals surface area contributed by atoms with Gasteiger partial charge in [0.05, 0.1) is 0 Å². The fraction of sp³-hybridized carbons (Fsp3) is 0.625. The number of rotatable bonds is 3. The van der Waals surface area contributed by atoms with Crippen molar-refractivity contribution in [3.8, 4) is 0 Å². The lowest BCUT2D eigenvalue weighted by molar-refractivity contribution is 0.260. The molecule has 0 saturated carbocycles. The second kappa shape index (κ2) is 5.31. The topological polar surface area (TPSA) is 12.0 Å². The summed E-state index contributed by atoms with van der Waals surface area (Å²) in [6.07, 6.45) is 2.52. The molecule has 3 heteroatoms. The highest BCUT2D eigenvalue weighted by atomic mass is 35.5. The van der Waals surface area contributed by atoms with Gasteiger partial charge in [0, 0.05) is 11.1 Å². The third kappa shape index (κ3) is 2.81. The van der Waals surface area contributed by atoms with Crippen LogP contribution < -0.4 is 5.32 Å². The van der Waals surface area contributed by atoms with E-state index in [-0.39, 0.29) is 0 Å². The number of fused-ring (bicyclic) bond motifs is 1. The van der Waals surface area contributed by atoms with Gasteiger partial charge >= 0.3 is 0 Å². The van der Waals surface area contributed by atoms with Gasteiger partial charge in [-0.1, -0.05) is 31.5 Å². The Labute approximate surface area is 125 Å². The van der Waals surface area contributed by atoms with E-state index in [1.54, 1.807) is 0 Å². The molecule has 1 aromatic carbocycles. The van der Waals surface area contributed by atoms with Crippen LogP contribution in [0.25, 0.3) is 0 Å². The van der Waals surface area contributed by atoms with Crippen LogP contribution in [0.15, 0.2) is 18.2 Å². The Hall–Kier alpha value is -0.180. The van der Waals surface area contributed by atoms with E-state index in [1.165, 1.54) is 29.1 Å². The summed E-state index contributed by atoms with van der Waals surface area (Å²) in [5.74, 6) is 3.51. The van der Waals surface area contributed by atoms with Gasteiger partial charge in [-0.05, 0) is 65.5 Å². The average molecular weight is 296 g/mol. The first-order valence-corrected chi connectivity index (χ1v) is 8.69. The predicted molar refractivity (Wildman–Crippen MR) is 85.1 cm³/mol. The van der Waals surface area contributed by atoms with Crippen LogP contribution in [0.3, 0.4) is 0 Å². The molecular weight excluding hydrogens is 274 g/mol. The van der Waals surface area contributed by atoms with Crippen LogP contribution in [0, 0.1) is 11.3 Å². The van der Waals surface area contributed by atoms with Crippen molar-refractivity contribution in [3.63, 3.8) is 0 Å². The lowest BCUT2D eigenvalue weighted by Gasteiger charge is -2.29. The molecule has 0 aromatic heterocycles. The summed E-state index contributed by atoms with van der Waals surface area (Å²) in [5.41, 5.74) is 3.18. The lowest BCUT2D eigenvalue weighted by Crippen LogP contribution is -2.34. The Kier molecular flexibility index (Phi) is 3.85. The minimum atomic E-state index is 0.290. The molecule has 19 heavy (non-hydrogen) atoms. The van der Waals surface area contributed by atoms with E-state index in [9.17, 15) is 0 Å². The molecule has 104 valence electrons. The van der Waals surface area contributed by atoms with E-state index >= 15 is 0 Å². The maximum Gasteiger partial charge on any atom is 0.0409 e. The Balaban J connectivity index is 1.77. The van der Waals surface area contributed by atoms with Crippen molar-refractivity contribution >= 4 is 23.4 Å². The Morgan fingerprint density at radius 1 is 1.42 bits per heavy atom. The van der Waals surface area contributed by atoms with Crippen molar-refractivity contribution in [3.05, 3.63) is 34.3 Å². The molecule has 0 amide bonds. The standard InChI is InChI=1S/C16H22ClNS/c1-16(2)8-12-3-4-13(17)7-14(12)15(16)18-9-11-5-6-19-10-11/h3-4,7,11,15,18H,5-6,8-10H2,1-2H3.